The lowest BCUT2D eigenvalue weighted by atomic mass is 10.0. The summed E-state index contributed by atoms with van der Waals surface area (Å²) in [4.78, 5) is 6.30. The van der Waals surface area contributed by atoms with E-state index in [0.717, 1.165) is 91.3 Å². The van der Waals surface area contributed by atoms with Crippen LogP contribution in [0.3, 0.4) is 0 Å². The molecule has 0 spiro atoms. The van der Waals surface area contributed by atoms with E-state index < -0.39 is 0 Å². The van der Waals surface area contributed by atoms with Crippen LogP contribution >= 0.6 is 0 Å². The molecule has 620 valence electrons. The fourth-order valence-corrected chi connectivity index (χ4v) is 16.1. The van der Waals surface area contributed by atoms with Gasteiger partial charge in [-0.05, 0) is 182 Å². The first-order valence-electron chi connectivity index (χ1n) is 40.4. The van der Waals surface area contributed by atoms with Crippen LogP contribution < -0.4 is 0 Å². The van der Waals surface area contributed by atoms with Crippen molar-refractivity contribution in [2.45, 2.75) is 283 Å². The summed E-state index contributed by atoms with van der Waals surface area (Å²) in [7, 11) is 16.1. The first-order chi connectivity index (χ1) is 53.0. The van der Waals surface area contributed by atoms with E-state index in [1.165, 1.54) is 101 Å². The number of nitrogens with zero attached hydrogens (tertiary/aromatic N) is 30. The molecule has 30 heteroatoms. The molecular formula is C84H134N30. The number of aromatic nitrogens is 30. The number of hydrogen-bond donors (Lipinski definition) is 0. The number of aryl methyl sites for hydroxylation is 22. The second-order valence-corrected chi connectivity index (χ2v) is 33.7. The Morgan fingerprint density at radius 2 is 0.675 bits per heavy atom. The van der Waals surface area contributed by atoms with Gasteiger partial charge in [0.05, 0.1) is 62.5 Å². The van der Waals surface area contributed by atoms with Crippen molar-refractivity contribution in [1.29, 1.82) is 0 Å². The van der Waals surface area contributed by atoms with Crippen molar-refractivity contribution in [2.24, 2.45) is 56.4 Å². The molecule has 0 atom stereocenters. The zero-order valence-corrected chi connectivity index (χ0v) is 77.0. The molecular weight excluding hydrogens is 1430 g/mol. The van der Waals surface area contributed by atoms with Crippen LogP contribution in [0.4, 0.5) is 0 Å². The minimum absolute atomic E-state index is 0.417. The number of imidazole rings is 2. The number of fused-ring (bicyclic) bond motifs is 8. The molecule has 16 heterocycles. The van der Waals surface area contributed by atoms with Crippen molar-refractivity contribution < 1.29 is 0 Å². The number of rotatable bonds is 8. The third-order valence-electron chi connectivity index (χ3n) is 22.9. The highest BCUT2D eigenvalue weighted by atomic mass is 15.6. The van der Waals surface area contributed by atoms with Gasteiger partial charge in [0.2, 0.25) is 0 Å². The van der Waals surface area contributed by atoms with E-state index in [1.54, 1.807) is 9.43 Å². The van der Waals surface area contributed by atoms with Gasteiger partial charge in [-0.25, -0.2) is 14.2 Å². The van der Waals surface area contributed by atoms with Crippen molar-refractivity contribution in [3.8, 4) is 0 Å². The molecule has 16 rings (SSSR count). The molecule has 0 saturated carbocycles. The molecule has 0 radical (unpaired) electrons. The highest BCUT2D eigenvalue weighted by Gasteiger charge is 2.26. The highest BCUT2D eigenvalue weighted by molar-refractivity contribution is 5.65. The third-order valence-corrected chi connectivity index (χ3v) is 22.9. The first-order valence-corrected chi connectivity index (χ1v) is 40.4. The maximum atomic E-state index is 4.61. The number of hydrogen-bond acceptors (Lipinski definition) is 14. The van der Waals surface area contributed by atoms with Gasteiger partial charge < -0.3 is 13.7 Å². The van der Waals surface area contributed by atoms with Gasteiger partial charge in [-0.1, -0.05) is 116 Å². The fourth-order valence-electron chi connectivity index (χ4n) is 16.1. The minimum atomic E-state index is 0.417. The Kier molecular flexibility index (Phi) is 25.8. The molecule has 0 saturated heterocycles. The van der Waals surface area contributed by atoms with Gasteiger partial charge >= 0.3 is 0 Å². The zero-order valence-electron chi connectivity index (χ0n) is 77.0. The Balaban J connectivity index is 0.000000149. The van der Waals surface area contributed by atoms with E-state index in [1.807, 2.05) is 118 Å². The van der Waals surface area contributed by atoms with Crippen LogP contribution in [-0.4, -0.2) is 145 Å². The Labute approximate surface area is 673 Å². The molecule has 0 aliphatic rings. The van der Waals surface area contributed by atoms with E-state index in [9.17, 15) is 0 Å². The standard InChI is InChI=1S/2C12H19N3.6C10H16N4/c1-7(2)11-8(3)13-15-10(5)9(4)14(6)12(11)15;1-7(2)11-9(4)13-15-12(11)8(3)10(5)14(15)6;1-6(2)9-7(3)12-14-10(9)11-8(4)13(14)5;1-6(2)9-7(3)11-14-8(4)12-13(5)10(9)14;1-6(2)9-7(3)11-14-10(9)13(5)8(4)12-14;1-6(2)9-7(3)12-14-10(9)8(4)11-13(14)5;1-6(2)9-10-13(5)7(3)8(4)14(10)12-11-9;1-6(2)9-10-7(3)8(4)13(5)14(10)12-11-9/h2*7H,1-6H3;6*6H,1-5H3. The van der Waals surface area contributed by atoms with E-state index in [-0.39, 0.29) is 0 Å². The Morgan fingerprint density at radius 3 is 1.20 bits per heavy atom. The predicted octanol–water partition coefficient (Wildman–Crippen LogP) is 16.3. The van der Waals surface area contributed by atoms with Crippen LogP contribution in [0, 0.1) is 125 Å². The molecule has 0 aromatic carbocycles. The van der Waals surface area contributed by atoms with Gasteiger partial charge in [0.1, 0.15) is 39.8 Å². The Morgan fingerprint density at radius 1 is 0.254 bits per heavy atom. The smallest absolute Gasteiger partial charge is 0.179 e. The van der Waals surface area contributed by atoms with E-state index in [0.29, 0.717) is 47.3 Å². The van der Waals surface area contributed by atoms with Crippen LogP contribution in [-0.2, 0) is 56.4 Å². The average Bonchev–Trinajstić information content (AvgIpc) is 1.59. The second-order valence-electron chi connectivity index (χ2n) is 33.7. The first kappa shape index (κ1) is 87.5. The summed E-state index contributed by atoms with van der Waals surface area (Å²) in [5.41, 5.74) is 37.2. The van der Waals surface area contributed by atoms with E-state index >= 15 is 0 Å². The van der Waals surface area contributed by atoms with Gasteiger partial charge in [-0.15, -0.1) is 19.9 Å². The van der Waals surface area contributed by atoms with Crippen molar-refractivity contribution in [3.63, 3.8) is 0 Å². The second kappa shape index (κ2) is 33.6. The molecule has 0 aliphatic heterocycles. The molecule has 16 aromatic rings. The Hall–Kier alpha value is -10.4. The van der Waals surface area contributed by atoms with Crippen LogP contribution in [0.1, 0.15) is 306 Å². The summed E-state index contributed by atoms with van der Waals surface area (Å²) in [5.74, 6) is 6.77. The maximum absolute atomic E-state index is 4.61. The molecule has 114 heavy (non-hydrogen) atoms. The lowest BCUT2D eigenvalue weighted by molar-refractivity contribution is 0.552. The summed E-state index contributed by atoms with van der Waals surface area (Å²) in [6, 6.07) is 0. The van der Waals surface area contributed by atoms with Crippen molar-refractivity contribution >= 4 is 44.8 Å². The normalized spacial score (nSPS) is 11.9. The Bertz CT molecular complexity index is 5800. The molecule has 0 unspecified atom stereocenters. The maximum Gasteiger partial charge on any atom is 0.179 e. The largest absolute Gasteiger partial charge is 0.331 e. The van der Waals surface area contributed by atoms with Crippen molar-refractivity contribution in [1.82, 2.24) is 145 Å². The van der Waals surface area contributed by atoms with Gasteiger partial charge in [0.25, 0.3) is 0 Å². The topological polar surface area (TPSA) is 255 Å². The summed E-state index contributed by atoms with van der Waals surface area (Å²) >= 11 is 0. The van der Waals surface area contributed by atoms with Crippen molar-refractivity contribution in [2.75, 3.05) is 0 Å². The molecule has 0 bridgehead atoms. The predicted molar refractivity (Wildman–Crippen MR) is 458 cm³/mol. The van der Waals surface area contributed by atoms with Gasteiger partial charge in [-0.2, -0.15) is 73.1 Å². The molecule has 30 nitrogen and oxygen atoms in total. The van der Waals surface area contributed by atoms with Gasteiger partial charge in [0, 0.05) is 118 Å². The summed E-state index contributed by atoms with van der Waals surface area (Å²) in [5, 5.41) is 56.8. The average molecular weight is 1560 g/mol. The lowest BCUT2D eigenvalue weighted by Crippen LogP contribution is -2.02. The third kappa shape index (κ3) is 15.7. The summed E-state index contributed by atoms with van der Waals surface area (Å²) in [6.07, 6.45) is 0. The van der Waals surface area contributed by atoms with Crippen LogP contribution in [0.15, 0.2) is 0 Å². The van der Waals surface area contributed by atoms with Crippen LogP contribution in [0.2, 0.25) is 0 Å². The quantitative estimate of drug-likeness (QED) is 0.137. The molecule has 0 aliphatic carbocycles. The van der Waals surface area contributed by atoms with Crippen LogP contribution in [0.5, 0.6) is 0 Å². The van der Waals surface area contributed by atoms with Crippen LogP contribution in [0.25, 0.3) is 44.8 Å². The molecule has 0 N–H and O–H groups in total. The summed E-state index contributed by atoms with van der Waals surface area (Å²) < 4.78 is 29.8. The molecule has 16 aromatic heterocycles. The van der Waals surface area contributed by atoms with Gasteiger partial charge in [-0.3, -0.25) is 14.0 Å². The van der Waals surface area contributed by atoms with E-state index in [4.69, 9.17) is 0 Å². The SMILES string of the molecule is Cc1c(C)n(C)n2nnc(C(C)C)c12.Cc1c(C)n2nnc(C(C)C)c2n1C.Cc1nn2c(C)c(C)n(C)c2c1C(C)C.Cc1nn2c(C)nn(C)c2c1C(C)C.Cc1nn2c(c(C)c(C)n2C)c1C(C)C.Cc1nn2c(c(C)nn2C)c1C(C)C.Cc1nn2c(nc(C)n2C)c1C(C)C.Cc1nn2nc(C)n(C)c2c1C(C)C. The minimum Gasteiger partial charge on any atom is -0.331 e. The monoisotopic (exact) mass is 1560 g/mol. The van der Waals surface area contributed by atoms with Gasteiger partial charge in [0.15, 0.2) is 22.6 Å². The lowest BCUT2D eigenvalue weighted by Gasteiger charge is -2.05. The molecule has 0 fully saturated rings. The fraction of sp³-hybridized carbons (Fsp3) is 0.595. The van der Waals surface area contributed by atoms with Crippen molar-refractivity contribution in [3.05, 3.63) is 147 Å². The molecule has 0 amide bonds. The van der Waals surface area contributed by atoms with E-state index in [2.05, 4.69) is 309 Å². The summed E-state index contributed by atoms with van der Waals surface area (Å²) in [6.45, 7) is 72.3. The zero-order chi connectivity index (χ0) is 85.4. The highest BCUT2D eigenvalue weighted by Crippen LogP contribution is 2.33.